The number of hydrogen-bond donors (Lipinski definition) is 2. The van der Waals surface area contributed by atoms with Gasteiger partial charge in [0.05, 0.1) is 0 Å². The molecule has 0 fully saturated rings. The van der Waals surface area contributed by atoms with Crippen LogP contribution >= 0.6 is 0 Å². The van der Waals surface area contributed by atoms with Gasteiger partial charge in [0.2, 0.25) is 11.8 Å². The lowest BCUT2D eigenvalue weighted by Crippen LogP contribution is -2.10. The van der Waals surface area contributed by atoms with Crippen molar-refractivity contribution in [2.75, 3.05) is 5.32 Å². The number of carbonyl (C=O) groups is 1. The first-order chi connectivity index (χ1) is 12.2. The SMILES string of the molecule is NC(=O)c1cccc(Nc2nnc(Cn3ccc4ccccc43)o2)c1. The number of rotatable bonds is 5. The summed E-state index contributed by atoms with van der Waals surface area (Å²) in [5.41, 5.74) is 7.44. The molecule has 0 spiro atoms. The minimum Gasteiger partial charge on any atom is -0.406 e. The zero-order valence-corrected chi connectivity index (χ0v) is 13.2. The van der Waals surface area contributed by atoms with Gasteiger partial charge in [-0.2, -0.15) is 0 Å². The summed E-state index contributed by atoms with van der Waals surface area (Å²) in [6.07, 6.45) is 1.98. The number of primary amides is 1. The van der Waals surface area contributed by atoms with E-state index in [4.69, 9.17) is 10.2 Å². The van der Waals surface area contributed by atoms with Gasteiger partial charge < -0.3 is 20.0 Å². The molecule has 0 aliphatic rings. The van der Waals surface area contributed by atoms with Gasteiger partial charge in [-0.25, -0.2) is 0 Å². The fourth-order valence-corrected chi connectivity index (χ4v) is 2.67. The zero-order chi connectivity index (χ0) is 17.2. The number of carbonyl (C=O) groups excluding carboxylic acids is 1. The Bertz CT molecular complexity index is 1050. The minimum atomic E-state index is -0.491. The molecule has 0 aliphatic heterocycles. The fraction of sp³-hybridized carbons (Fsp3) is 0.0556. The normalized spacial score (nSPS) is 10.9. The van der Waals surface area contributed by atoms with Crippen molar-refractivity contribution in [1.29, 1.82) is 0 Å². The number of para-hydroxylation sites is 1. The summed E-state index contributed by atoms with van der Waals surface area (Å²) in [5.74, 6) is -0.00994. The maximum absolute atomic E-state index is 11.2. The van der Waals surface area contributed by atoms with Crippen LogP contribution in [0.2, 0.25) is 0 Å². The zero-order valence-electron chi connectivity index (χ0n) is 13.2. The molecule has 7 nitrogen and oxygen atoms in total. The summed E-state index contributed by atoms with van der Waals surface area (Å²) < 4.78 is 7.68. The molecule has 25 heavy (non-hydrogen) atoms. The monoisotopic (exact) mass is 333 g/mol. The molecule has 4 rings (SSSR count). The first kappa shape index (κ1) is 14.9. The van der Waals surface area contributed by atoms with E-state index in [1.165, 1.54) is 0 Å². The van der Waals surface area contributed by atoms with Crippen LogP contribution in [0, 0.1) is 0 Å². The third-order valence-corrected chi connectivity index (χ3v) is 3.85. The molecule has 0 aliphatic carbocycles. The van der Waals surface area contributed by atoms with E-state index in [1.54, 1.807) is 24.3 Å². The molecule has 0 atom stereocenters. The largest absolute Gasteiger partial charge is 0.406 e. The second-order valence-corrected chi connectivity index (χ2v) is 5.57. The van der Waals surface area contributed by atoms with E-state index < -0.39 is 5.91 Å². The highest BCUT2D eigenvalue weighted by Gasteiger charge is 2.09. The van der Waals surface area contributed by atoms with E-state index in [1.807, 2.05) is 35.0 Å². The van der Waals surface area contributed by atoms with Crippen molar-refractivity contribution in [3.05, 3.63) is 72.2 Å². The molecule has 0 saturated heterocycles. The Labute approximate surface area is 143 Å². The van der Waals surface area contributed by atoms with E-state index in [0.717, 1.165) is 10.9 Å². The van der Waals surface area contributed by atoms with Crippen LogP contribution in [0.4, 0.5) is 11.7 Å². The maximum atomic E-state index is 11.2. The predicted molar refractivity (Wildman–Crippen MR) is 93.6 cm³/mol. The second-order valence-electron chi connectivity index (χ2n) is 5.57. The fourth-order valence-electron chi connectivity index (χ4n) is 2.67. The highest BCUT2D eigenvalue weighted by atomic mass is 16.4. The van der Waals surface area contributed by atoms with Gasteiger partial charge in [0.15, 0.2) is 0 Å². The second kappa shape index (κ2) is 6.12. The molecule has 2 aromatic heterocycles. The number of fused-ring (bicyclic) bond motifs is 1. The molecular formula is C18H15N5O2. The van der Waals surface area contributed by atoms with Crippen LogP contribution < -0.4 is 11.1 Å². The molecular weight excluding hydrogens is 318 g/mol. The Balaban J connectivity index is 1.52. The van der Waals surface area contributed by atoms with Crippen molar-refractivity contribution < 1.29 is 9.21 Å². The number of nitrogens with zero attached hydrogens (tertiary/aromatic N) is 3. The van der Waals surface area contributed by atoms with Gasteiger partial charge in [0.1, 0.15) is 6.54 Å². The van der Waals surface area contributed by atoms with Gasteiger partial charge in [0, 0.05) is 23.0 Å². The van der Waals surface area contributed by atoms with Gasteiger partial charge >= 0.3 is 6.01 Å². The number of anilines is 2. The Hall–Kier alpha value is -3.61. The van der Waals surface area contributed by atoms with Crippen LogP contribution in [0.3, 0.4) is 0 Å². The highest BCUT2D eigenvalue weighted by Crippen LogP contribution is 2.19. The summed E-state index contributed by atoms with van der Waals surface area (Å²) >= 11 is 0. The van der Waals surface area contributed by atoms with E-state index in [-0.39, 0.29) is 6.01 Å². The van der Waals surface area contributed by atoms with E-state index >= 15 is 0 Å². The number of nitrogens with two attached hydrogens (primary N) is 1. The van der Waals surface area contributed by atoms with E-state index in [2.05, 4.69) is 21.6 Å². The van der Waals surface area contributed by atoms with Crippen LogP contribution in [-0.4, -0.2) is 20.7 Å². The Morgan fingerprint density at radius 3 is 2.88 bits per heavy atom. The van der Waals surface area contributed by atoms with E-state index in [9.17, 15) is 4.79 Å². The summed E-state index contributed by atoms with van der Waals surface area (Å²) in [7, 11) is 0. The number of aromatic nitrogens is 3. The molecule has 124 valence electrons. The smallest absolute Gasteiger partial charge is 0.320 e. The van der Waals surface area contributed by atoms with Gasteiger partial charge in [-0.15, -0.1) is 5.10 Å². The van der Waals surface area contributed by atoms with Crippen molar-refractivity contribution in [1.82, 2.24) is 14.8 Å². The van der Waals surface area contributed by atoms with Crippen LogP contribution in [0.25, 0.3) is 10.9 Å². The van der Waals surface area contributed by atoms with Crippen molar-refractivity contribution in [3.8, 4) is 0 Å². The molecule has 0 saturated carbocycles. The first-order valence-corrected chi connectivity index (χ1v) is 7.72. The van der Waals surface area contributed by atoms with Gasteiger partial charge in [-0.3, -0.25) is 4.79 Å². The summed E-state index contributed by atoms with van der Waals surface area (Å²) in [4.78, 5) is 11.2. The predicted octanol–water partition coefficient (Wildman–Crippen LogP) is 2.92. The lowest BCUT2D eigenvalue weighted by atomic mass is 10.2. The third-order valence-electron chi connectivity index (χ3n) is 3.85. The lowest BCUT2D eigenvalue weighted by molar-refractivity contribution is 0.100. The van der Waals surface area contributed by atoms with Gasteiger partial charge in [-0.05, 0) is 35.7 Å². The Kier molecular flexibility index (Phi) is 3.66. The summed E-state index contributed by atoms with van der Waals surface area (Å²) in [5, 5.41) is 12.2. The van der Waals surface area contributed by atoms with Crippen molar-refractivity contribution in [2.45, 2.75) is 6.54 Å². The standard InChI is InChI=1S/C18H15N5O2/c19-17(24)13-5-3-6-14(10-13)20-18-22-21-16(25-18)11-23-9-8-12-4-1-2-7-15(12)23/h1-10H,11H2,(H2,19,24)(H,20,22). The Morgan fingerprint density at radius 1 is 1.12 bits per heavy atom. The minimum absolute atomic E-state index is 0.257. The lowest BCUT2D eigenvalue weighted by Gasteiger charge is -2.03. The number of benzene rings is 2. The Morgan fingerprint density at radius 2 is 2.00 bits per heavy atom. The van der Waals surface area contributed by atoms with Crippen molar-refractivity contribution >= 4 is 28.5 Å². The summed E-state index contributed by atoms with van der Waals surface area (Å²) in [6.45, 7) is 0.476. The van der Waals surface area contributed by atoms with Crippen LogP contribution in [0.1, 0.15) is 16.2 Å². The molecule has 0 unspecified atom stereocenters. The van der Waals surface area contributed by atoms with E-state index in [0.29, 0.717) is 23.7 Å². The highest BCUT2D eigenvalue weighted by molar-refractivity contribution is 5.93. The third kappa shape index (κ3) is 3.07. The first-order valence-electron chi connectivity index (χ1n) is 7.72. The molecule has 0 radical (unpaired) electrons. The summed E-state index contributed by atoms with van der Waals surface area (Å²) in [6, 6.07) is 17.2. The molecule has 2 aromatic carbocycles. The molecule has 3 N–H and O–H groups in total. The van der Waals surface area contributed by atoms with Crippen LogP contribution in [0.5, 0.6) is 0 Å². The average molecular weight is 333 g/mol. The van der Waals surface area contributed by atoms with Gasteiger partial charge in [-0.1, -0.05) is 29.4 Å². The number of hydrogen-bond acceptors (Lipinski definition) is 5. The van der Waals surface area contributed by atoms with Gasteiger partial charge in [0.25, 0.3) is 0 Å². The van der Waals surface area contributed by atoms with Crippen LogP contribution in [0.15, 0.2) is 65.2 Å². The maximum Gasteiger partial charge on any atom is 0.320 e. The molecule has 7 heteroatoms. The average Bonchev–Trinajstić information content (AvgIpc) is 3.23. The van der Waals surface area contributed by atoms with Crippen LogP contribution in [-0.2, 0) is 6.54 Å². The van der Waals surface area contributed by atoms with Crippen molar-refractivity contribution in [3.63, 3.8) is 0 Å². The molecule has 4 aromatic rings. The molecule has 0 bridgehead atoms. The number of amides is 1. The number of nitrogens with one attached hydrogen (secondary N) is 1. The topological polar surface area (TPSA) is 99.0 Å². The van der Waals surface area contributed by atoms with Crippen molar-refractivity contribution in [2.24, 2.45) is 5.73 Å². The quantitative estimate of drug-likeness (QED) is 0.585. The molecule has 2 heterocycles. The molecule has 1 amide bonds.